The van der Waals surface area contributed by atoms with Crippen molar-refractivity contribution < 1.29 is 33.9 Å². The monoisotopic (exact) mass is 684 g/mol. The first-order valence-electron chi connectivity index (χ1n) is 16.5. The predicted molar refractivity (Wildman–Crippen MR) is 190 cm³/mol. The van der Waals surface area contributed by atoms with E-state index in [0.29, 0.717) is 18.7 Å². The molecule has 272 valence electrons. The summed E-state index contributed by atoms with van der Waals surface area (Å²) in [6.45, 7) is 9.06. The van der Waals surface area contributed by atoms with E-state index in [2.05, 4.69) is 28.5 Å². The molecule has 2 aliphatic rings. The van der Waals surface area contributed by atoms with Crippen LogP contribution < -0.4 is 22.1 Å². The number of nitrogens with two attached hydrogens (primary N) is 2. The minimum atomic E-state index is -0.743. The Hall–Kier alpha value is -4.62. The molecule has 2 atom stereocenters. The molecule has 5 amide bonds. The van der Waals surface area contributed by atoms with Crippen LogP contribution >= 0.6 is 0 Å². The number of carbonyl (C=O) groups excluding carboxylic acids is 6. The first-order valence-corrected chi connectivity index (χ1v) is 16.5. The fraction of sp³-hybridized carbons (Fsp3) is 0.500. The van der Waals surface area contributed by atoms with Crippen molar-refractivity contribution in [3.8, 4) is 0 Å². The maximum absolute atomic E-state index is 12.5. The Morgan fingerprint density at radius 3 is 1.67 bits per heavy atom. The second kappa shape index (κ2) is 27.3. The molecule has 2 saturated heterocycles. The number of primary amides is 1. The van der Waals surface area contributed by atoms with E-state index >= 15 is 0 Å². The zero-order valence-electron chi connectivity index (χ0n) is 29.2. The number of aliphatic hydroxyl groups is 1. The third-order valence-electron chi connectivity index (χ3n) is 7.68. The van der Waals surface area contributed by atoms with E-state index in [9.17, 15) is 19.2 Å². The van der Waals surface area contributed by atoms with Gasteiger partial charge in [0.05, 0.1) is 12.6 Å². The molecule has 7 N–H and O–H groups in total. The van der Waals surface area contributed by atoms with E-state index in [1.165, 1.54) is 18.4 Å². The molecule has 4 rings (SSSR count). The minimum Gasteiger partial charge on any atom is -0.400 e. The Labute approximate surface area is 290 Å². The number of hydrogen-bond acceptors (Lipinski definition) is 8. The van der Waals surface area contributed by atoms with E-state index in [-0.39, 0.29) is 36.6 Å². The smallest absolute Gasteiger partial charge is 0.243 e. The Bertz CT molecular complexity index is 1200. The average molecular weight is 685 g/mol. The van der Waals surface area contributed by atoms with Gasteiger partial charge in [-0.25, -0.2) is 0 Å². The van der Waals surface area contributed by atoms with Crippen LogP contribution in [0.2, 0.25) is 0 Å². The van der Waals surface area contributed by atoms with E-state index < -0.39 is 12.1 Å². The molecule has 0 bridgehead atoms. The van der Waals surface area contributed by atoms with Crippen molar-refractivity contribution in [1.82, 2.24) is 20.4 Å². The highest BCUT2D eigenvalue weighted by Gasteiger charge is 2.27. The Morgan fingerprint density at radius 2 is 1.22 bits per heavy atom. The van der Waals surface area contributed by atoms with Crippen molar-refractivity contribution in [3.63, 3.8) is 0 Å². The standard InChI is InChI=1S/C20H30N4O3.C13H17NO.CH3NO.CH4O.CH2O/c1-14(2)18(20(27)22-13-17(25)24-10-6-7-11-24)23-19(26)16(21)12-15-8-4-3-5-9-15;15-13(14-10-4-5-11-14)9-8-12-6-2-1-3-7-12;2-1-3;2*1-2/h3-5,8-9,14,16,18H,6-7,10-13,21H2,1-2H3,(H,22,27)(H,23,26);1-3,6-7H,4-5,8-11H2;1H,(H2,2,3);2H,1H3;1H2. The van der Waals surface area contributed by atoms with E-state index in [0.717, 1.165) is 58.1 Å². The van der Waals surface area contributed by atoms with Gasteiger partial charge in [0.1, 0.15) is 12.8 Å². The summed E-state index contributed by atoms with van der Waals surface area (Å²) in [5.41, 5.74) is 12.4. The molecule has 13 nitrogen and oxygen atoms in total. The number of aliphatic hydroxyl groups excluding tert-OH is 1. The molecule has 2 aromatic rings. The van der Waals surface area contributed by atoms with Gasteiger partial charge >= 0.3 is 0 Å². The molecule has 2 heterocycles. The number of aryl methyl sites for hydroxylation is 1. The molecule has 0 saturated carbocycles. The van der Waals surface area contributed by atoms with E-state index in [1.54, 1.807) is 4.90 Å². The Kier molecular flexibility index (Phi) is 24.8. The first kappa shape index (κ1) is 44.4. The van der Waals surface area contributed by atoms with Crippen LogP contribution in [0, 0.1) is 5.92 Å². The minimum absolute atomic E-state index is 0.0476. The number of rotatable bonds is 11. The van der Waals surface area contributed by atoms with Crippen LogP contribution in [0.25, 0.3) is 0 Å². The van der Waals surface area contributed by atoms with E-state index in [4.69, 9.17) is 20.4 Å². The zero-order valence-corrected chi connectivity index (χ0v) is 29.2. The Balaban J connectivity index is 0.000000878. The van der Waals surface area contributed by atoms with Crippen molar-refractivity contribution >= 4 is 36.8 Å². The Morgan fingerprint density at radius 1 is 0.796 bits per heavy atom. The van der Waals surface area contributed by atoms with Gasteiger partial charge in [-0.3, -0.25) is 24.0 Å². The topological polar surface area (TPSA) is 205 Å². The summed E-state index contributed by atoms with van der Waals surface area (Å²) in [4.78, 5) is 69.1. The van der Waals surface area contributed by atoms with Gasteiger partial charge in [-0.2, -0.15) is 0 Å². The van der Waals surface area contributed by atoms with Gasteiger partial charge in [0, 0.05) is 39.7 Å². The molecule has 0 radical (unpaired) electrons. The maximum Gasteiger partial charge on any atom is 0.243 e. The van der Waals surface area contributed by atoms with Gasteiger partial charge in [-0.15, -0.1) is 0 Å². The van der Waals surface area contributed by atoms with Gasteiger partial charge in [-0.05, 0) is 55.6 Å². The average Bonchev–Trinajstić information content (AvgIpc) is 3.88. The number of likely N-dealkylation sites (tertiary alicyclic amines) is 2. The van der Waals surface area contributed by atoms with Gasteiger partial charge < -0.3 is 41.8 Å². The largest absolute Gasteiger partial charge is 0.400 e. The number of benzene rings is 2. The molecule has 2 aromatic carbocycles. The fourth-order valence-corrected chi connectivity index (χ4v) is 5.13. The molecule has 0 spiro atoms. The molecular formula is C36H56N6O7. The summed E-state index contributed by atoms with van der Waals surface area (Å²) in [7, 11) is 1.00. The second-order valence-electron chi connectivity index (χ2n) is 11.5. The highest BCUT2D eigenvalue weighted by molar-refractivity contribution is 5.92. The highest BCUT2D eigenvalue weighted by Crippen LogP contribution is 2.11. The molecular weight excluding hydrogens is 628 g/mol. The van der Waals surface area contributed by atoms with Crippen molar-refractivity contribution in [2.45, 2.75) is 70.9 Å². The number of nitrogens with one attached hydrogen (secondary N) is 2. The van der Waals surface area contributed by atoms with E-state index in [1.807, 2.05) is 74.1 Å². The van der Waals surface area contributed by atoms with Gasteiger partial charge in [-0.1, -0.05) is 74.5 Å². The second-order valence-corrected chi connectivity index (χ2v) is 11.5. The predicted octanol–water partition coefficient (Wildman–Crippen LogP) is 1.20. The lowest BCUT2D eigenvalue weighted by Crippen LogP contribution is -2.55. The van der Waals surface area contributed by atoms with Gasteiger partial charge in [0.2, 0.25) is 30.0 Å². The summed E-state index contributed by atoms with van der Waals surface area (Å²) in [5.74, 6) is -0.636. The maximum atomic E-state index is 12.5. The molecule has 2 aliphatic heterocycles. The number of amides is 5. The normalized spacial score (nSPS) is 14.1. The molecule has 0 aromatic heterocycles. The van der Waals surface area contributed by atoms with Crippen LogP contribution in [0.1, 0.15) is 57.1 Å². The van der Waals surface area contributed by atoms with Crippen LogP contribution in [0.15, 0.2) is 60.7 Å². The van der Waals surface area contributed by atoms with Crippen LogP contribution in [0.3, 0.4) is 0 Å². The summed E-state index contributed by atoms with van der Waals surface area (Å²) < 4.78 is 0. The lowest BCUT2D eigenvalue weighted by Gasteiger charge is -2.24. The van der Waals surface area contributed by atoms with Crippen molar-refractivity contribution in [2.24, 2.45) is 17.4 Å². The van der Waals surface area contributed by atoms with Crippen LogP contribution in [-0.2, 0) is 41.6 Å². The summed E-state index contributed by atoms with van der Waals surface area (Å²) in [6, 6.07) is 18.2. The lowest BCUT2D eigenvalue weighted by atomic mass is 10.0. The number of hydrogen-bond donors (Lipinski definition) is 5. The molecule has 2 fully saturated rings. The SMILES string of the molecule is C=O.CC(C)C(NC(=O)C(N)Cc1ccccc1)C(=O)NCC(=O)N1CCCC1.CO.NC=O.O=C(CCc1ccccc1)N1CCCC1. The third kappa shape index (κ3) is 18.5. The summed E-state index contributed by atoms with van der Waals surface area (Å²) >= 11 is 0. The highest BCUT2D eigenvalue weighted by atomic mass is 16.2. The molecule has 13 heteroatoms. The number of nitrogens with zero attached hydrogens (tertiary/aromatic N) is 2. The van der Waals surface area contributed by atoms with Crippen LogP contribution in [-0.4, -0.2) is 104 Å². The van der Waals surface area contributed by atoms with Gasteiger partial charge in [0.25, 0.3) is 0 Å². The van der Waals surface area contributed by atoms with Gasteiger partial charge in [0.15, 0.2) is 0 Å². The van der Waals surface area contributed by atoms with Crippen molar-refractivity contribution in [3.05, 3.63) is 71.8 Å². The first-order chi connectivity index (χ1) is 23.7. The molecule has 2 unspecified atom stereocenters. The van der Waals surface area contributed by atoms with Crippen molar-refractivity contribution in [2.75, 3.05) is 39.8 Å². The van der Waals surface area contributed by atoms with Crippen LogP contribution in [0.4, 0.5) is 0 Å². The number of carbonyl (C=O) groups is 6. The molecule has 49 heavy (non-hydrogen) atoms. The fourth-order valence-electron chi connectivity index (χ4n) is 5.13. The lowest BCUT2D eigenvalue weighted by molar-refractivity contribution is -0.134. The summed E-state index contributed by atoms with van der Waals surface area (Å²) in [6.07, 6.45) is 6.54. The van der Waals surface area contributed by atoms with Crippen molar-refractivity contribution in [1.29, 1.82) is 0 Å². The molecule has 0 aliphatic carbocycles. The quantitative estimate of drug-likeness (QED) is 0.217. The summed E-state index contributed by atoms with van der Waals surface area (Å²) in [5, 5.41) is 12.4. The zero-order chi connectivity index (χ0) is 37.0. The van der Waals surface area contributed by atoms with Crippen LogP contribution in [0.5, 0.6) is 0 Å². The third-order valence-corrected chi connectivity index (χ3v) is 7.68.